The molecule has 2 rings (SSSR count). The highest BCUT2D eigenvalue weighted by Gasteiger charge is 2.18. The molecule has 0 spiro atoms. The van der Waals surface area contributed by atoms with Gasteiger partial charge in [0, 0.05) is 6.42 Å². The molecule has 0 bridgehead atoms. The number of rotatable bonds is 5. The van der Waals surface area contributed by atoms with Crippen LogP contribution < -0.4 is 4.74 Å². The molecule has 0 radical (unpaired) electrons. The predicted octanol–water partition coefficient (Wildman–Crippen LogP) is 2.36. The number of carbonyl (C=O) groups is 1. The molecule has 2 aromatic rings. The Morgan fingerprint density at radius 2 is 2.26 bits per heavy atom. The van der Waals surface area contributed by atoms with Crippen LogP contribution in [0.1, 0.15) is 37.0 Å². The lowest BCUT2D eigenvalue weighted by Crippen LogP contribution is -2.04. The lowest BCUT2D eigenvalue weighted by molar-refractivity contribution is -0.118. The van der Waals surface area contributed by atoms with Crippen LogP contribution in [0.15, 0.2) is 28.8 Å². The monoisotopic (exact) mass is 260 g/mol. The molecule has 0 saturated carbocycles. The summed E-state index contributed by atoms with van der Waals surface area (Å²) >= 11 is 0. The molecule has 1 heterocycles. The van der Waals surface area contributed by atoms with Gasteiger partial charge < -0.3 is 9.26 Å². The fourth-order valence-electron chi connectivity index (χ4n) is 1.65. The smallest absolute Gasteiger partial charge is 0.236 e. The van der Waals surface area contributed by atoms with Crippen LogP contribution >= 0.6 is 0 Å². The number of benzene rings is 1. The van der Waals surface area contributed by atoms with Crippen LogP contribution in [0.25, 0.3) is 0 Å². The zero-order valence-electron chi connectivity index (χ0n) is 11.2. The largest absolute Gasteiger partial charge is 0.497 e. The van der Waals surface area contributed by atoms with Crippen LogP contribution in [-0.4, -0.2) is 23.0 Å². The van der Waals surface area contributed by atoms with Crippen LogP contribution in [0.3, 0.4) is 0 Å². The van der Waals surface area contributed by atoms with Gasteiger partial charge in [-0.15, -0.1) is 0 Å². The van der Waals surface area contributed by atoms with E-state index >= 15 is 0 Å². The topological polar surface area (TPSA) is 65.2 Å². The standard InChI is InChI=1S/C14H16N2O3/c1-9(10(2)17)14-15-13(16-19-14)8-11-5-4-6-12(7-11)18-3/h4-7,9H,8H2,1-3H3. The molecular weight excluding hydrogens is 244 g/mol. The third kappa shape index (κ3) is 3.19. The first-order chi connectivity index (χ1) is 9.10. The van der Waals surface area contributed by atoms with E-state index in [1.807, 2.05) is 24.3 Å². The van der Waals surface area contributed by atoms with Crippen molar-refractivity contribution in [3.8, 4) is 5.75 Å². The Labute approximate surface area is 111 Å². The average Bonchev–Trinajstić information content (AvgIpc) is 2.86. The van der Waals surface area contributed by atoms with Crippen LogP contribution in [-0.2, 0) is 11.2 Å². The highest BCUT2D eigenvalue weighted by atomic mass is 16.5. The number of nitrogens with zero attached hydrogens (tertiary/aromatic N) is 2. The summed E-state index contributed by atoms with van der Waals surface area (Å²) in [4.78, 5) is 15.5. The fraction of sp³-hybridized carbons (Fsp3) is 0.357. The first-order valence-corrected chi connectivity index (χ1v) is 6.06. The number of hydrogen-bond acceptors (Lipinski definition) is 5. The average molecular weight is 260 g/mol. The van der Waals surface area contributed by atoms with E-state index in [-0.39, 0.29) is 11.7 Å². The van der Waals surface area contributed by atoms with Crippen molar-refractivity contribution in [2.75, 3.05) is 7.11 Å². The maximum Gasteiger partial charge on any atom is 0.236 e. The molecule has 0 aliphatic rings. The Morgan fingerprint density at radius 1 is 1.47 bits per heavy atom. The van der Waals surface area contributed by atoms with Crippen LogP contribution in [0.4, 0.5) is 0 Å². The molecule has 1 aromatic carbocycles. The second-order valence-corrected chi connectivity index (χ2v) is 4.41. The summed E-state index contributed by atoms with van der Waals surface area (Å²) in [6.07, 6.45) is 0.547. The van der Waals surface area contributed by atoms with Crippen LogP contribution in [0.2, 0.25) is 0 Å². The fourth-order valence-corrected chi connectivity index (χ4v) is 1.65. The van der Waals surface area contributed by atoms with Gasteiger partial charge in [-0.05, 0) is 31.5 Å². The Morgan fingerprint density at radius 3 is 2.95 bits per heavy atom. The molecule has 1 aromatic heterocycles. The van der Waals surface area contributed by atoms with E-state index in [1.165, 1.54) is 6.92 Å². The summed E-state index contributed by atoms with van der Waals surface area (Å²) in [7, 11) is 1.63. The van der Waals surface area contributed by atoms with E-state index in [2.05, 4.69) is 10.1 Å². The van der Waals surface area contributed by atoms with Gasteiger partial charge in [0.05, 0.1) is 13.0 Å². The molecule has 0 N–H and O–H groups in total. The van der Waals surface area contributed by atoms with Gasteiger partial charge in [-0.2, -0.15) is 4.98 Å². The number of Topliss-reactive ketones (excluding diaryl/α,β-unsaturated/α-hetero) is 1. The van der Waals surface area contributed by atoms with Crippen molar-refractivity contribution in [3.05, 3.63) is 41.5 Å². The molecule has 0 aliphatic carbocycles. The molecule has 100 valence electrons. The summed E-state index contributed by atoms with van der Waals surface area (Å²) in [5, 5.41) is 3.89. The minimum absolute atomic E-state index is 0.0107. The van der Waals surface area contributed by atoms with Gasteiger partial charge >= 0.3 is 0 Å². The van der Waals surface area contributed by atoms with Gasteiger partial charge in [-0.1, -0.05) is 17.3 Å². The summed E-state index contributed by atoms with van der Waals surface area (Å²) in [5.41, 5.74) is 1.03. The maximum atomic E-state index is 11.3. The SMILES string of the molecule is COc1cccc(Cc2noc(C(C)C(C)=O)n2)c1. The van der Waals surface area contributed by atoms with Gasteiger partial charge in [0.2, 0.25) is 5.89 Å². The third-order valence-electron chi connectivity index (χ3n) is 2.96. The first-order valence-electron chi connectivity index (χ1n) is 6.06. The minimum Gasteiger partial charge on any atom is -0.497 e. The Hall–Kier alpha value is -2.17. The lowest BCUT2D eigenvalue weighted by atomic mass is 10.1. The van der Waals surface area contributed by atoms with Crippen molar-refractivity contribution >= 4 is 5.78 Å². The summed E-state index contributed by atoms with van der Waals surface area (Å²) < 4.78 is 10.3. The lowest BCUT2D eigenvalue weighted by Gasteiger charge is -2.01. The molecule has 0 fully saturated rings. The summed E-state index contributed by atoms with van der Waals surface area (Å²) in [5.74, 6) is 1.38. The number of carbonyl (C=O) groups excluding carboxylic acids is 1. The third-order valence-corrected chi connectivity index (χ3v) is 2.96. The quantitative estimate of drug-likeness (QED) is 0.825. The summed E-state index contributed by atoms with van der Waals surface area (Å²) in [6, 6.07) is 7.67. The normalized spacial score (nSPS) is 12.2. The first kappa shape index (κ1) is 13.3. The van der Waals surface area contributed by atoms with Crippen molar-refractivity contribution in [3.63, 3.8) is 0 Å². The number of methoxy groups -OCH3 is 1. The molecule has 5 heteroatoms. The van der Waals surface area contributed by atoms with E-state index in [1.54, 1.807) is 14.0 Å². The predicted molar refractivity (Wildman–Crippen MR) is 69.2 cm³/mol. The van der Waals surface area contributed by atoms with Gasteiger partial charge in [0.25, 0.3) is 0 Å². The second-order valence-electron chi connectivity index (χ2n) is 4.41. The van der Waals surface area contributed by atoms with Crippen molar-refractivity contribution in [2.24, 2.45) is 0 Å². The molecule has 0 amide bonds. The minimum atomic E-state index is -0.355. The van der Waals surface area contributed by atoms with Crippen molar-refractivity contribution in [1.82, 2.24) is 10.1 Å². The molecule has 0 saturated heterocycles. The molecule has 5 nitrogen and oxygen atoms in total. The van der Waals surface area contributed by atoms with Crippen molar-refractivity contribution in [1.29, 1.82) is 0 Å². The van der Waals surface area contributed by atoms with Crippen LogP contribution in [0.5, 0.6) is 5.75 Å². The molecule has 1 atom stereocenters. The maximum absolute atomic E-state index is 11.3. The van der Waals surface area contributed by atoms with Crippen molar-refractivity contribution in [2.45, 2.75) is 26.2 Å². The van der Waals surface area contributed by atoms with E-state index in [4.69, 9.17) is 9.26 Å². The van der Waals surface area contributed by atoms with Crippen LogP contribution in [0, 0.1) is 0 Å². The van der Waals surface area contributed by atoms with Gasteiger partial charge in [-0.3, -0.25) is 4.79 Å². The van der Waals surface area contributed by atoms with Gasteiger partial charge in [0.1, 0.15) is 11.5 Å². The number of hydrogen-bond donors (Lipinski definition) is 0. The number of ketones is 1. The molecule has 0 aliphatic heterocycles. The Kier molecular flexibility index (Phi) is 3.94. The highest BCUT2D eigenvalue weighted by Crippen LogP contribution is 2.17. The zero-order chi connectivity index (χ0) is 13.8. The number of aromatic nitrogens is 2. The molecule has 19 heavy (non-hydrogen) atoms. The molecular formula is C14H16N2O3. The van der Waals surface area contributed by atoms with E-state index < -0.39 is 0 Å². The number of ether oxygens (including phenoxy) is 1. The highest BCUT2D eigenvalue weighted by molar-refractivity contribution is 5.81. The van der Waals surface area contributed by atoms with Gasteiger partial charge in [-0.25, -0.2) is 0 Å². The second kappa shape index (κ2) is 5.65. The Bertz CT molecular complexity index is 578. The van der Waals surface area contributed by atoms with E-state index in [0.29, 0.717) is 18.1 Å². The molecule has 1 unspecified atom stereocenters. The van der Waals surface area contributed by atoms with Crippen molar-refractivity contribution < 1.29 is 14.1 Å². The van der Waals surface area contributed by atoms with Gasteiger partial charge in [0.15, 0.2) is 5.82 Å². The van der Waals surface area contributed by atoms with E-state index in [9.17, 15) is 4.79 Å². The Balaban J connectivity index is 2.13. The zero-order valence-corrected chi connectivity index (χ0v) is 11.2. The summed E-state index contributed by atoms with van der Waals surface area (Å²) in [6.45, 7) is 3.27. The van der Waals surface area contributed by atoms with E-state index in [0.717, 1.165) is 11.3 Å².